The van der Waals surface area contributed by atoms with Gasteiger partial charge in [0.15, 0.2) is 0 Å². The zero-order chi connectivity index (χ0) is 12.3. The summed E-state index contributed by atoms with van der Waals surface area (Å²) >= 11 is 1.72. The van der Waals surface area contributed by atoms with Crippen LogP contribution in [-0.4, -0.2) is 11.7 Å². The average molecular weight is 246 g/mol. The minimum Gasteiger partial charge on any atom is -0.395 e. The smallest absolute Gasteiger partial charge is 0.0536 e. The Morgan fingerprint density at radius 1 is 1.18 bits per heavy atom. The van der Waals surface area contributed by atoms with Crippen LogP contribution in [0.5, 0.6) is 0 Å². The molecule has 2 rings (SSSR count). The number of aryl methyl sites for hydroxylation is 1. The maximum atomic E-state index is 9.68. The first-order valence-corrected chi connectivity index (χ1v) is 6.72. The summed E-state index contributed by atoms with van der Waals surface area (Å²) in [6.45, 7) is 4.40. The van der Waals surface area contributed by atoms with Crippen molar-refractivity contribution in [3.63, 3.8) is 0 Å². The second kappa shape index (κ2) is 5.03. The van der Waals surface area contributed by atoms with E-state index < -0.39 is 0 Å². The van der Waals surface area contributed by atoms with Gasteiger partial charge in [-0.05, 0) is 30.4 Å². The summed E-state index contributed by atoms with van der Waals surface area (Å²) in [5.74, 6) is 0. The van der Waals surface area contributed by atoms with Gasteiger partial charge in [0, 0.05) is 10.3 Å². The van der Waals surface area contributed by atoms with Crippen LogP contribution in [0.4, 0.5) is 0 Å². The van der Waals surface area contributed by atoms with E-state index in [0.29, 0.717) is 0 Å². The van der Waals surface area contributed by atoms with Crippen LogP contribution in [-0.2, 0) is 11.8 Å². The summed E-state index contributed by atoms with van der Waals surface area (Å²) in [6.07, 6.45) is 0.879. The first-order valence-electron chi connectivity index (χ1n) is 5.84. The zero-order valence-electron chi connectivity index (χ0n) is 10.3. The molecule has 17 heavy (non-hydrogen) atoms. The van der Waals surface area contributed by atoms with E-state index in [1.165, 1.54) is 16.0 Å². The molecule has 2 aromatic rings. The van der Waals surface area contributed by atoms with Gasteiger partial charge >= 0.3 is 0 Å². The summed E-state index contributed by atoms with van der Waals surface area (Å²) < 4.78 is 0. The molecule has 0 fully saturated rings. The Morgan fingerprint density at radius 3 is 2.41 bits per heavy atom. The van der Waals surface area contributed by atoms with Gasteiger partial charge in [0.2, 0.25) is 0 Å². The Morgan fingerprint density at radius 2 is 1.88 bits per heavy atom. The molecule has 0 amide bonds. The van der Waals surface area contributed by atoms with Crippen molar-refractivity contribution < 1.29 is 5.11 Å². The Balaban J connectivity index is 2.23. The number of aliphatic hydroxyl groups is 1. The Hall–Kier alpha value is -1.12. The van der Waals surface area contributed by atoms with Gasteiger partial charge in [0.1, 0.15) is 0 Å². The molecule has 0 radical (unpaired) electrons. The maximum Gasteiger partial charge on any atom is 0.0536 e. The van der Waals surface area contributed by atoms with Crippen molar-refractivity contribution in [2.45, 2.75) is 25.7 Å². The number of rotatable bonds is 4. The zero-order valence-corrected chi connectivity index (χ0v) is 11.1. The molecule has 0 bridgehead atoms. The third-order valence-electron chi connectivity index (χ3n) is 3.18. The van der Waals surface area contributed by atoms with Crippen LogP contribution in [0.25, 0.3) is 0 Å². The van der Waals surface area contributed by atoms with Gasteiger partial charge in [-0.2, -0.15) is 0 Å². The molecular formula is C15H18OS. The molecular weight excluding hydrogens is 228 g/mol. The fourth-order valence-electron chi connectivity index (χ4n) is 2.00. The van der Waals surface area contributed by atoms with Crippen LogP contribution in [0, 0.1) is 6.92 Å². The summed E-state index contributed by atoms with van der Waals surface area (Å²) in [4.78, 5) is 1.25. The standard InChI is InChI=1S/C15H18OS/c1-12-5-7-13(8-6-12)10-15(2,11-16)14-4-3-9-17-14/h3-9,16H,10-11H2,1-2H3. The predicted molar refractivity (Wildman–Crippen MR) is 73.6 cm³/mol. The van der Waals surface area contributed by atoms with Gasteiger partial charge in [0.25, 0.3) is 0 Å². The second-order valence-corrected chi connectivity index (χ2v) is 5.81. The molecule has 0 saturated carbocycles. The lowest BCUT2D eigenvalue weighted by Gasteiger charge is -2.26. The van der Waals surface area contributed by atoms with E-state index >= 15 is 0 Å². The number of benzene rings is 1. The highest BCUT2D eigenvalue weighted by Gasteiger charge is 2.27. The van der Waals surface area contributed by atoms with Crippen LogP contribution in [0.3, 0.4) is 0 Å². The molecule has 90 valence electrons. The molecule has 0 aliphatic carbocycles. The average Bonchev–Trinajstić information content (AvgIpc) is 2.86. The highest BCUT2D eigenvalue weighted by molar-refractivity contribution is 7.10. The van der Waals surface area contributed by atoms with E-state index in [1.54, 1.807) is 11.3 Å². The minimum absolute atomic E-state index is 0.163. The van der Waals surface area contributed by atoms with Crippen molar-refractivity contribution in [1.29, 1.82) is 0 Å². The molecule has 1 nitrogen and oxygen atoms in total. The highest BCUT2D eigenvalue weighted by Crippen LogP contribution is 2.31. The van der Waals surface area contributed by atoms with Gasteiger partial charge in [-0.15, -0.1) is 11.3 Å². The largest absolute Gasteiger partial charge is 0.395 e. The molecule has 0 spiro atoms. The quantitative estimate of drug-likeness (QED) is 0.874. The SMILES string of the molecule is Cc1ccc(CC(C)(CO)c2cccs2)cc1. The summed E-state index contributed by atoms with van der Waals surface area (Å²) in [6, 6.07) is 12.7. The lowest BCUT2D eigenvalue weighted by molar-refractivity contribution is 0.207. The van der Waals surface area contributed by atoms with E-state index in [4.69, 9.17) is 0 Å². The maximum absolute atomic E-state index is 9.68. The highest BCUT2D eigenvalue weighted by atomic mass is 32.1. The lowest BCUT2D eigenvalue weighted by atomic mass is 9.83. The van der Waals surface area contributed by atoms with Crippen molar-refractivity contribution in [2.75, 3.05) is 6.61 Å². The molecule has 0 saturated heterocycles. The Labute approximate surface area is 107 Å². The van der Waals surface area contributed by atoms with Crippen molar-refractivity contribution in [2.24, 2.45) is 0 Å². The molecule has 1 atom stereocenters. The molecule has 0 aliphatic heterocycles. The first kappa shape index (κ1) is 12.3. The normalized spacial score (nSPS) is 14.5. The molecule has 1 unspecified atom stereocenters. The number of aliphatic hydroxyl groups excluding tert-OH is 1. The summed E-state index contributed by atoms with van der Waals surface area (Å²) in [5.41, 5.74) is 2.39. The fraction of sp³-hybridized carbons (Fsp3) is 0.333. The monoisotopic (exact) mass is 246 g/mol. The van der Waals surface area contributed by atoms with Gasteiger partial charge in [0.05, 0.1) is 6.61 Å². The van der Waals surface area contributed by atoms with Crippen LogP contribution in [0.15, 0.2) is 41.8 Å². The Kier molecular flexibility index (Phi) is 3.65. The van der Waals surface area contributed by atoms with E-state index in [1.807, 2.05) is 6.07 Å². The molecule has 1 aromatic heterocycles. The van der Waals surface area contributed by atoms with Crippen molar-refractivity contribution in [3.05, 3.63) is 57.8 Å². The molecule has 1 heterocycles. The van der Waals surface area contributed by atoms with Crippen LogP contribution >= 0.6 is 11.3 Å². The van der Waals surface area contributed by atoms with Crippen LogP contribution in [0.1, 0.15) is 22.9 Å². The van der Waals surface area contributed by atoms with Gasteiger partial charge in [-0.3, -0.25) is 0 Å². The van der Waals surface area contributed by atoms with Crippen molar-refractivity contribution in [3.8, 4) is 0 Å². The molecule has 1 N–H and O–H groups in total. The summed E-state index contributed by atoms with van der Waals surface area (Å²) in [7, 11) is 0. The van der Waals surface area contributed by atoms with E-state index in [-0.39, 0.29) is 12.0 Å². The third kappa shape index (κ3) is 2.76. The van der Waals surface area contributed by atoms with E-state index in [9.17, 15) is 5.11 Å². The van der Waals surface area contributed by atoms with Gasteiger partial charge < -0.3 is 5.11 Å². The number of hydrogen-bond donors (Lipinski definition) is 1. The van der Waals surface area contributed by atoms with Gasteiger partial charge in [-0.25, -0.2) is 0 Å². The van der Waals surface area contributed by atoms with E-state index in [0.717, 1.165) is 6.42 Å². The fourth-order valence-corrected chi connectivity index (χ4v) is 2.88. The van der Waals surface area contributed by atoms with Crippen LogP contribution in [0.2, 0.25) is 0 Å². The summed E-state index contributed by atoms with van der Waals surface area (Å²) in [5, 5.41) is 11.7. The number of thiophene rings is 1. The lowest BCUT2D eigenvalue weighted by Crippen LogP contribution is -2.28. The predicted octanol–water partition coefficient (Wildman–Crippen LogP) is 3.55. The van der Waals surface area contributed by atoms with Crippen molar-refractivity contribution in [1.82, 2.24) is 0 Å². The van der Waals surface area contributed by atoms with Crippen molar-refractivity contribution >= 4 is 11.3 Å². The number of hydrogen-bond acceptors (Lipinski definition) is 2. The molecule has 1 aromatic carbocycles. The molecule has 2 heteroatoms. The first-order chi connectivity index (χ1) is 8.14. The van der Waals surface area contributed by atoms with E-state index in [2.05, 4.69) is 49.6 Å². The van der Waals surface area contributed by atoms with Gasteiger partial charge in [-0.1, -0.05) is 42.8 Å². The molecule has 0 aliphatic rings. The minimum atomic E-state index is -0.163. The second-order valence-electron chi connectivity index (χ2n) is 4.86. The topological polar surface area (TPSA) is 20.2 Å². The van der Waals surface area contributed by atoms with Crippen LogP contribution < -0.4 is 0 Å². The Bertz CT molecular complexity index is 458. The third-order valence-corrected chi connectivity index (χ3v) is 4.36.